The van der Waals surface area contributed by atoms with Crippen LogP contribution in [0.2, 0.25) is 0 Å². The summed E-state index contributed by atoms with van der Waals surface area (Å²) in [6.07, 6.45) is 10.7. The molecule has 0 saturated heterocycles. The third kappa shape index (κ3) is 1.71. The van der Waals surface area contributed by atoms with Crippen LogP contribution in [0, 0.1) is 0 Å². The SMILES string of the molecule is CC1=Cc2c(cccc2C2CCCCC2)C1. The van der Waals surface area contributed by atoms with Crippen LogP contribution in [0.3, 0.4) is 0 Å². The zero-order valence-electron chi connectivity index (χ0n) is 10.1. The van der Waals surface area contributed by atoms with Crippen molar-refractivity contribution >= 4 is 6.08 Å². The average Bonchev–Trinajstić information content (AvgIpc) is 2.70. The van der Waals surface area contributed by atoms with E-state index >= 15 is 0 Å². The Hall–Kier alpha value is -1.04. The van der Waals surface area contributed by atoms with Gasteiger partial charge in [0.2, 0.25) is 0 Å². The Labute approximate surface area is 98.4 Å². The van der Waals surface area contributed by atoms with Gasteiger partial charge in [0, 0.05) is 0 Å². The molecule has 0 heteroatoms. The minimum atomic E-state index is 0.839. The Morgan fingerprint density at radius 2 is 1.88 bits per heavy atom. The third-order valence-electron chi connectivity index (χ3n) is 4.14. The number of rotatable bonds is 1. The summed E-state index contributed by atoms with van der Waals surface area (Å²) >= 11 is 0. The van der Waals surface area contributed by atoms with Crippen molar-refractivity contribution in [3.05, 3.63) is 40.5 Å². The highest BCUT2D eigenvalue weighted by Crippen LogP contribution is 2.38. The summed E-state index contributed by atoms with van der Waals surface area (Å²) in [6.45, 7) is 2.25. The first-order valence-electron chi connectivity index (χ1n) is 6.63. The molecule has 0 heterocycles. The lowest BCUT2D eigenvalue weighted by Crippen LogP contribution is -2.06. The summed E-state index contributed by atoms with van der Waals surface area (Å²) in [5.74, 6) is 0.839. The molecule has 0 spiro atoms. The van der Waals surface area contributed by atoms with Gasteiger partial charge in [0.05, 0.1) is 0 Å². The fraction of sp³-hybridized carbons (Fsp3) is 0.500. The molecule has 0 N–H and O–H groups in total. The van der Waals surface area contributed by atoms with Crippen LogP contribution in [0.5, 0.6) is 0 Å². The summed E-state index contributed by atoms with van der Waals surface area (Å²) in [5, 5.41) is 0. The van der Waals surface area contributed by atoms with Crippen LogP contribution >= 0.6 is 0 Å². The summed E-state index contributed by atoms with van der Waals surface area (Å²) in [6, 6.07) is 6.92. The smallest absolute Gasteiger partial charge is 0.00605 e. The Balaban J connectivity index is 1.98. The molecule has 0 unspecified atom stereocenters. The van der Waals surface area contributed by atoms with E-state index in [0.29, 0.717) is 0 Å². The lowest BCUT2D eigenvalue weighted by Gasteiger charge is -2.23. The Kier molecular flexibility index (Phi) is 2.59. The van der Waals surface area contributed by atoms with E-state index in [2.05, 4.69) is 31.2 Å². The lowest BCUT2D eigenvalue weighted by molar-refractivity contribution is 0.443. The quantitative estimate of drug-likeness (QED) is 0.633. The first-order chi connectivity index (χ1) is 7.84. The van der Waals surface area contributed by atoms with E-state index in [0.717, 1.165) is 5.92 Å². The van der Waals surface area contributed by atoms with E-state index in [4.69, 9.17) is 0 Å². The van der Waals surface area contributed by atoms with Crippen LogP contribution in [0.1, 0.15) is 61.6 Å². The predicted molar refractivity (Wildman–Crippen MR) is 69.6 cm³/mol. The predicted octanol–water partition coefficient (Wildman–Crippen LogP) is 4.69. The first kappa shape index (κ1) is 10.1. The zero-order valence-corrected chi connectivity index (χ0v) is 10.1. The van der Waals surface area contributed by atoms with Crippen molar-refractivity contribution in [2.75, 3.05) is 0 Å². The molecule has 0 atom stereocenters. The fourth-order valence-corrected chi connectivity index (χ4v) is 3.33. The molecule has 1 saturated carbocycles. The van der Waals surface area contributed by atoms with Crippen LogP contribution in [0.4, 0.5) is 0 Å². The van der Waals surface area contributed by atoms with Crippen LogP contribution < -0.4 is 0 Å². The van der Waals surface area contributed by atoms with E-state index < -0.39 is 0 Å². The molecule has 0 amide bonds. The second-order valence-electron chi connectivity index (χ2n) is 5.42. The minimum Gasteiger partial charge on any atom is -0.0683 e. The highest BCUT2D eigenvalue weighted by Gasteiger charge is 2.21. The van der Waals surface area contributed by atoms with Crippen molar-refractivity contribution in [2.24, 2.45) is 0 Å². The highest BCUT2D eigenvalue weighted by molar-refractivity contribution is 5.67. The molecule has 0 bridgehead atoms. The average molecular weight is 212 g/mol. The molecule has 0 nitrogen and oxygen atoms in total. The van der Waals surface area contributed by atoms with Gasteiger partial charge in [-0.15, -0.1) is 0 Å². The summed E-state index contributed by atoms with van der Waals surface area (Å²) in [5.41, 5.74) is 6.28. The molecule has 2 aliphatic carbocycles. The van der Waals surface area contributed by atoms with Gasteiger partial charge in [-0.3, -0.25) is 0 Å². The maximum atomic E-state index is 2.42. The van der Waals surface area contributed by atoms with Crippen LogP contribution in [-0.2, 0) is 6.42 Å². The molecule has 1 aromatic rings. The molecule has 1 aromatic carbocycles. The number of hydrogen-bond donors (Lipinski definition) is 0. The maximum Gasteiger partial charge on any atom is -0.00605 e. The van der Waals surface area contributed by atoms with Gasteiger partial charge in [0.25, 0.3) is 0 Å². The Bertz CT molecular complexity index is 420. The number of fused-ring (bicyclic) bond motifs is 1. The lowest BCUT2D eigenvalue weighted by atomic mass is 9.81. The molecule has 1 fully saturated rings. The van der Waals surface area contributed by atoms with Crippen LogP contribution in [0.15, 0.2) is 23.8 Å². The van der Waals surface area contributed by atoms with Crippen molar-refractivity contribution in [3.8, 4) is 0 Å². The number of benzene rings is 1. The zero-order chi connectivity index (χ0) is 11.0. The van der Waals surface area contributed by atoms with Gasteiger partial charge in [-0.25, -0.2) is 0 Å². The van der Waals surface area contributed by atoms with Crippen molar-refractivity contribution in [3.63, 3.8) is 0 Å². The second kappa shape index (κ2) is 4.08. The molecule has 3 rings (SSSR count). The minimum absolute atomic E-state index is 0.839. The summed E-state index contributed by atoms with van der Waals surface area (Å²) in [7, 11) is 0. The van der Waals surface area contributed by atoms with E-state index in [-0.39, 0.29) is 0 Å². The van der Waals surface area contributed by atoms with Crippen molar-refractivity contribution in [1.29, 1.82) is 0 Å². The third-order valence-corrected chi connectivity index (χ3v) is 4.14. The largest absolute Gasteiger partial charge is 0.0683 e. The van der Waals surface area contributed by atoms with Crippen molar-refractivity contribution < 1.29 is 0 Å². The van der Waals surface area contributed by atoms with Gasteiger partial charge in [-0.1, -0.05) is 49.1 Å². The van der Waals surface area contributed by atoms with Gasteiger partial charge in [0.1, 0.15) is 0 Å². The fourth-order valence-electron chi connectivity index (χ4n) is 3.33. The topological polar surface area (TPSA) is 0 Å². The molecule has 84 valence electrons. The van der Waals surface area contributed by atoms with Crippen LogP contribution in [-0.4, -0.2) is 0 Å². The summed E-state index contributed by atoms with van der Waals surface area (Å²) in [4.78, 5) is 0. The molecule has 0 aliphatic heterocycles. The van der Waals surface area contributed by atoms with Gasteiger partial charge in [-0.2, -0.15) is 0 Å². The van der Waals surface area contributed by atoms with E-state index in [9.17, 15) is 0 Å². The number of hydrogen-bond acceptors (Lipinski definition) is 0. The Morgan fingerprint density at radius 1 is 1.06 bits per heavy atom. The maximum absolute atomic E-state index is 2.42. The molecular formula is C16H20. The monoisotopic (exact) mass is 212 g/mol. The van der Waals surface area contributed by atoms with Gasteiger partial charge in [-0.05, 0) is 48.8 Å². The van der Waals surface area contributed by atoms with E-state index in [1.165, 1.54) is 44.1 Å². The molecule has 16 heavy (non-hydrogen) atoms. The standard InChI is InChI=1S/C16H20/c1-12-10-14-8-5-9-15(16(14)11-12)13-6-3-2-4-7-13/h5,8-9,11,13H,2-4,6-7,10H2,1H3. The first-order valence-corrected chi connectivity index (χ1v) is 6.63. The van der Waals surface area contributed by atoms with Crippen molar-refractivity contribution in [2.45, 2.75) is 51.4 Å². The van der Waals surface area contributed by atoms with Gasteiger partial charge in [0.15, 0.2) is 0 Å². The van der Waals surface area contributed by atoms with Gasteiger partial charge >= 0.3 is 0 Å². The molecule has 0 aromatic heterocycles. The molecule has 0 radical (unpaired) electrons. The normalized spacial score (nSPS) is 20.7. The van der Waals surface area contributed by atoms with Gasteiger partial charge < -0.3 is 0 Å². The van der Waals surface area contributed by atoms with Crippen LogP contribution in [0.25, 0.3) is 6.08 Å². The second-order valence-corrected chi connectivity index (χ2v) is 5.42. The Morgan fingerprint density at radius 3 is 2.69 bits per heavy atom. The molecular weight excluding hydrogens is 192 g/mol. The van der Waals surface area contributed by atoms with E-state index in [1.807, 2.05) is 0 Å². The number of allylic oxidation sites excluding steroid dienone is 1. The van der Waals surface area contributed by atoms with E-state index in [1.54, 1.807) is 16.7 Å². The van der Waals surface area contributed by atoms with Crippen molar-refractivity contribution in [1.82, 2.24) is 0 Å². The molecule has 2 aliphatic rings. The summed E-state index contributed by atoms with van der Waals surface area (Å²) < 4.78 is 0. The highest BCUT2D eigenvalue weighted by atomic mass is 14.3.